The van der Waals surface area contributed by atoms with Gasteiger partial charge in [-0.25, -0.2) is 0 Å². The second-order valence-electron chi connectivity index (χ2n) is 6.13. The Bertz CT molecular complexity index is 800. The van der Waals surface area contributed by atoms with Crippen LogP contribution in [0, 0.1) is 0 Å². The Morgan fingerprint density at radius 1 is 1.12 bits per heavy atom. The van der Waals surface area contributed by atoms with E-state index in [9.17, 15) is 4.79 Å². The Balaban J connectivity index is 0.00000196. The van der Waals surface area contributed by atoms with Gasteiger partial charge in [-0.05, 0) is 35.9 Å². The largest absolute Gasteiger partial charge is 0.486 e. The highest BCUT2D eigenvalue weighted by molar-refractivity contribution is 6.30. The van der Waals surface area contributed by atoms with Crippen molar-refractivity contribution in [1.29, 1.82) is 0 Å². The number of ether oxygens (including phenoxy) is 2. The Kier molecular flexibility index (Phi) is 5.91. The molecule has 7 heteroatoms. The third-order valence-electron chi connectivity index (χ3n) is 4.53. The van der Waals surface area contributed by atoms with Gasteiger partial charge in [-0.2, -0.15) is 0 Å². The van der Waals surface area contributed by atoms with Gasteiger partial charge in [0.25, 0.3) is 5.91 Å². The molecule has 138 valence electrons. The molecule has 1 N–H and O–H groups in total. The van der Waals surface area contributed by atoms with Crippen LogP contribution in [0.3, 0.4) is 0 Å². The molecule has 0 aliphatic carbocycles. The van der Waals surface area contributed by atoms with E-state index in [0.29, 0.717) is 48.4 Å². The smallest absolute Gasteiger partial charge is 0.254 e. The minimum atomic E-state index is -0.0480. The minimum absolute atomic E-state index is 0. The normalized spacial score (nSPS) is 18.8. The molecule has 2 aliphatic heterocycles. The van der Waals surface area contributed by atoms with Gasteiger partial charge in [0.15, 0.2) is 11.5 Å². The molecule has 0 aromatic heterocycles. The van der Waals surface area contributed by atoms with Crippen molar-refractivity contribution in [2.24, 2.45) is 0 Å². The number of nitrogens with one attached hydrogen (secondary N) is 1. The van der Waals surface area contributed by atoms with Crippen molar-refractivity contribution in [2.75, 3.05) is 32.8 Å². The molecule has 2 aliphatic rings. The Morgan fingerprint density at radius 3 is 2.73 bits per heavy atom. The van der Waals surface area contributed by atoms with Gasteiger partial charge in [0.2, 0.25) is 0 Å². The summed E-state index contributed by atoms with van der Waals surface area (Å²) in [7, 11) is 0. The van der Waals surface area contributed by atoms with Crippen LogP contribution in [0.2, 0.25) is 5.02 Å². The molecule has 26 heavy (non-hydrogen) atoms. The number of hydrogen-bond donors (Lipinski definition) is 1. The van der Waals surface area contributed by atoms with E-state index in [0.717, 1.165) is 12.1 Å². The first-order chi connectivity index (χ1) is 12.2. The summed E-state index contributed by atoms with van der Waals surface area (Å²) in [4.78, 5) is 15.0. The van der Waals surface area contributed by atoms with Crippen LogP contribution >= 0.6 is 24.0 Å². The van der Waals surface area contributed by atoms with Crippen molar-refractivity contribution >= 4 is 29.9 Å². The highest BCUT2D eigenvalue weighted by Gasteiger charge is 2.29. The molecule has 1 saturated heterocycles. The molecule has 0 saturated carbocycles. The average molecular weight is 395 g/mol. The number of piperazine rings is 1. The summed E-state index contributed by atoms with van der Waals surface area (Å²) in [6.45, 7) is 3.16. The van der Waals surface area contributed by atoms with Crippen molar-refractivity contribution < 1.29 is 14.3 Å². The molecule has 2 heterocycles. The first-order valence-electron chi connectivity index (χ1n) is 8.39. The van der Waals surface area contributed by atoms with E-state index in [1.165, 1.54) is 0 Å². The van der Waals surface area contributed by atoms with E-state index in [2.05, 4.69) is 5.32 Å². The van der Waals surface area contributed by atoms with Crippen molar-refractivity contribution in [3.05, 3.63) is 58.6 Å². The standard InChI is InChI=1S/C19H19ClN2O3.ClH/c20-15-3-1-2-13(10-15)16-12-21-6-7-22(16)19(23)14-4-5-17-18(11-14)25-9-8-24-17;/h1-5,10-11,16,21H,6-9,12H2;1H. The van der Waals surface area contributed by atoms with Gasteiger partial charge in [-0.15, -0.1) is 12.4 Å². The van der Waals surface area contributed by atoms with E-state index in [-0.39, 0.29) is 24.4 Å². The fourth-order valence-electron chi connectivity index (χ4n) is 3.30. The maximum absolute atomic E-state index is 13.1. The van der Waals surface area contributed by atoms with Crippen LogP contribution in [0.5, 0.6) is 11.5 Å². The van der Waals surface area contributed by atoms with Gasteiger partial charge in [-0.3, -0.25) is 4.79 Å². The zero-order chi connectivity index (χ0) is 17.2. The maximum atomic E-state index is 13.1. The Morgan fingerprint density at radius 2 is 1.92 bits per heavy atom. The molecule has 2 aromatic rings. The predicted octanol–water partition coefficient (Wildman–Crippen LogP) is 3.32. The first-order valence-corrected chi connectivity index (χ1v) is 8.77. The third-order valence-corrected chi connectivity index (χ3v) is 4.76. The van der Waals surface area contributed by atoms with Gasteiger partial charge >= 0.3 is 0 Å². The number of halogens is 2. The molecule has 0 radical (unpaired) electrons. The lowest BCUT2D eigenvalue weighted by atomic mass is 10.0. The summed E-state index contributed by atoms with van der Waals surface area (Å²) < 4.78 is 11.1. The van der Waals surface area contributed by atoms with E-state index in [4.69, 9.17) is 21.1 Å². The molecule has 0 bridgehead atoms. The summed E-state index contributed by atoms with van der Waals surface area (Å²) in [5, 5.41) is 4.03. The number of fused-ring (bicyclic) bond motifs is 1. The van der Waals surface area contributed by atoms with E-state index >= 15 is 0 Å². The molecule has 0 spiro atoms. The van der Waals surface area contributed by atoms with Gasteiger partial charge in [0.1, 0.15) is 13.2 Å². The number of rotatable bonds is 2. The summed E-state index contributed by atoms with van der Waals surface area (Å²) in [5.41, 5.74) is 1.64. The van der Waals surface area contributed by atoms with Crippen LogP contribution in [-0.4, -0.2) is 43.7 Å². The minimum Gasteiger partial charge on any atom is -0.486 e. The molecule has 2 aromatic carbocycles. The highest BCUT2D eigenvalue weighted by atomic mass is 35.5. The third kappa shape index (κ3) is 3.75. The second-order valence-corrected chi connectivity index (χ2v) is 6.57. The number of benzene rings is 2. The molecule has 1 unspecified atom stereocenters. The van der Waals surface area contributed by atoms with Crippen LogP contribution in [0.15, 0.2) is 42.5 Å². The van der Waals surface area contributed by atoms with Crippen molar-refractivity contribution in [1.82, 2.24) is 10.2 Å². The number of carbonyl (C=O) groups excluding carboxylic acids is 1. The van der Waals surface area contributed by atoms with Crippen LogP contribution in [-0.2, 0) is 0 Å². The fourth-order valence-corrected chi connectivity index (χ4v) is 3.50. The van der Waals surface area contributed by atoms with Crippen LogP contribution in [0.4, 0.5) is 0 Å². The molecular weight excluding hydrogens is 375 g/mol. The molecule has 1 amide bonds. The van der Waals surface area contributed by atoms with Gasteiger partial charge < -0.3 is 19.7 Å². The summed E-state index contributed by atoms with van der Waals surface area (Å²) in [5.74, 6) is 1.31. The monoisotopic (exact) mass is 394 g/mol. The zero-order valence-corrected chi connectivity index (χ0v) is 15.7. The number of nitrogens with zero attached hydrogens (tertiary/aromatic N) is 1. The zero-order valence-electron chi connectivity index (χ0n) is 14.1. The van der Waals surface area contributed by atoms with Crippen LogP contribution in [0.1, 0.15) is 22.0 Å². The van der Waals surface area contributed by atoms with Crippen molar-refractivity contribution in [2.45, 2.75) is 6.04 Å². The first kappa shape index (κ1) is 18.8. The van der Waals surface area contributed by atoms with E-state index in [1.54, 1.807) is 18.2 Å². The summed E-state index contributed by atoms with van der Waals surface area (Å²) >= 11 is 6.13. The maximum Gasteiger partial charge on any atom is 0.254 e. The average Bonchev–Trinajstić information content (AvgIpc) is 2.67. The summed E-state index contributed by atoms with van der Waals surface area (Å²) in [6.07, 6.45) is 0. The number of carbonyl (C=O) groups is 1. The summed E-state index contributed by atoms with van der Waals surface area (Å²) in [6, 6.07) is 13.0. The van der Waals surface area contributed by atoms with Crippen molar-refractivity contribution in [3.63, 3.8) is 0 Å². The predicted molar refractivity (Wildman–Crippen MR) is 103 cm³/mol. The van der Waals surface area contributed by atoms with Gasteiger partial charge in [-0.1, -0.05) is 23.7 Å². The topological polar surface area (TPSA) is 50.8 Å². The van der Waals surface area contributed by atoms with Gasteiger partial charge in [0, 0.05) is 30.2 Å². The fraction of sp³-hybridized carbons (Fsp3) is 0.316. The van der Waals surface area contributed by atoms with Crippen LogP contribution < -0.4 is 14.8 Å². The number of amides is 1. The lowest BCUT2D eigenvalue weighted by Crippen LogP contribution is -2.48. The van der Waals surface area contributed by atoms with Crippen molar-refractivity contribution in [3.8, 4) is 11.5 Å². The van der Waals surface area contributed by atoms with E-state index in [1.807, 2.05) is 29.2 Å². The quantitative estimate of drug-likeness (QED) is 0.848. The lowest BCUT2D eigenvalue weighted by molar-refractivity contribution is 0.0633. The Hall–Kier alpha value is -1.95. The second kappa shape index (κ2) is 8.16. The molecule has 5 nitrogen and oxygen atoms in total. The van der Waals surface area contributed by atoms with Crippen LogP contribution in [0.25, 0.3) is 0 Å². The van der Waals surface area contributed by atoms with Gasteiger partial charge in [0.05, 0.1) is 6.04 Å². The SMILES string of the molecule is Cl.O=C(c1ccc2c(c1)OCCO2)N1CCNCC1c1cccc(Cl)c1. The molecular formula is C19H20Cl2N2O3. The number of hydrogen-bond acceptors (Lipinski definition) is 4. The lowest BCUT2D eigenvalue weighted by Gasteiger charge is -2.37. The van der Waals surface area contributed by atoms with E-state index < -0.39 is 0 Å². The molecule has 1 atom stereocenters. The Labute approximate surface area is 163 Å². The molecule has 1 fully saturated rings. The molecule has 4 rings (SSSR count). The highest BCUT2D eigenvalue weighted by Crippen LogP contribution is 2.32.